The van der Waals surface area contributed by atoms with Gasteiger partial charge < -0.3 is 4.74 Å². The van der Waals surface area contributed by atoms with Crippen LogP contribution in [0.15, 0.2) is 10.3 Å². The molecule has 3 aliphatic heterocycles. The van der Waals surface area contributed by atoms with Crippen LogP contribution in [0.2, 0.25) is 0 Å². The molecule has 0 aliphatic carbocycles. The minimum atomic E-state index is -0.00947. The van der Waals surface area contributed by atoms with E-state index in [0.29, 0.717) is 12.5 Å². The molecule has 0 amide bonds. The summed E-state index contributed by atoms with van der Waals surface area (Å²) in [5.74, 6) is 1.34. The summed E-state index contributed by atoms with van der Waals surface area (Å²) in [7, 11) is 0. The van der Waals surface area contributed by atoms with Crippen molar-refractivity contribution in [1.82, 2.24) is 20.2 Å². The van der Waals surface area contributed by atoms with E-state index in [0.717, 1.165) is 22.7 Å². The number of nitrogens with one attached hydrogen (secondary N) is 1. The molecule has 0 bridgehead atoms. The van der Waals surface area contributed by atoms with Crippen molar-refractivity contribution >= 4 is 46.0 Å². The van der Waals surface area contributed by atoms with E-state index in [1.807, 2.05) is 12.5 Å². The molecule has 0 saturated heterocycles. The number of aromatic nitrogens is 3. The molecule has 0 aromatic carbocycles. The number of amidine groups is 1. The molecular formula is C16H20N6OS3. The minimum absolute atomic E-state index is 0.00947. The molecular weight excluding hydrogens is 388 g/mol. The van der Waals surface area contributed by atoms with E-state index in [2.05, 4.69) is 44.0 Å². The van der Waals surface area contributed by atoms with Crippen LogP contribution in [-0.4, -0.2) is 38.5 Å². The van der Waals surface area contributed by atoms with Gasteiger partial charge in [0, 0.05) is 16.9 Å². The van der Waals surface area contributed by atoms with Gasteiger partial charge in [0.2, 0.25) is 5.95 Å². The monoisotopic (exact) mass is 408 g/mol. The zero-order valence-electron chi connectivity index (χ0n) is 15.0. The van der Waals surface area contributed by atoms with Gasteiger partial charge in [0.05, 0.1) is 12.7 Å². The number of ether oxygens (including phenoxy) is 1. The smallest absolute Gasteiger partial charge is 0.241 e. The van der Waals surface area contributed by atoms with Crippen LogP contribution in [0.3, 0.4) is 0 Å². The highest BCUT2D eigenvalue weighted by molar-refractivity contribution is 8.13. The minimum Gasteiger partial charge on any atom is -0.372 e. The maximum atomic E-state index is 6.12. The number of hydrogen-bond donors (Lipinski definition) is 1. The quantitative estimate of drug-likeness (QED) is 0.765. The maximum absolute atomic E-state index is 6.12. The van der Waals surface area contributed by atoms with E-state index >= 15 is 0 Å². The van der Waals surface area contributed by atoms with Crippen LogP contribution in [0.5, 0.6) is 0 Å². The molecule has 26 heavy (non-hydrogen) atoms. The summed E-state index contributed by atoms with van der Waals surface area (Å²) in [6.07, 6.45) is 5.29. The van der Waals surface area contributed by atoms with E-state index in [1.54, 1.807) is 34.9 Å². The molecule has 2 aromatic heterocycles. The fourth-order valence-corrected chi connectivity index (χ4v) is 6.12. The normalized spacial score (nSPS) is 23.3. The van der Waals surface area contributed by atoms with Gasteiger partial charge in [0.25, 0.3) is 0 Å². The van der Waals surface area contributed by atoms with E-state index in [1.165, 1.54) is 21.0 Å². The van der Waals surface area contributed by atoms with E-state index in [9.17, 15) is 0 Å². The second-order valence-electron chi connectivity index (χ2n) is 6.84. The Hall–Kier alpha value is -1.23. The number of hydrogen-bond acceptors (Lipinski definition) is 9. The number of nitrogens with zero attached hydrogens (tertiary/aromatic N) is 5. The van der Waals surface area contributed by atoms with Crippen molar-refractivity contribution in [1.29, 1.82) is 0 Å². The van der Waals surface area contributed by atoms with Crippen LogP contribution in [-0.2, 0) is 17.8 Å². The van der Waals surface area contributed by atoms with Crippen molar-refractivity contribution in [2.24, 2.45) is 11.0 Å². The first-order valence-corrected chi connectivity index (χ1v) is 11.8. The van der Waals surface area contributed by atoms with Gasteiger partial charge in [-0.1, -0.05) is 37.4 Å². The van der Waals surface area contributed by atoms with Crippen LogP contribution in [0.4, 0.5) is 5.95 Å². The fraction of sp³-hybridized carbons (Fsp3) is 0.562. The molecule has 0 saturated carbocycles. The molecule has 1 unspecified atom stereocenters. The van der Waals surface area contributed by atoms with E-state index < -0.39 is 0 Å². The highest BCUT2D eigenvalue weighted by atomic mass is 32.2. The average molecular weight is 409 g/mol. The number of hydrazone groups is 1. The van der Waals surface area contributed by atoms with Crippen LogP contribution < -0.4 is 10.3 Å². The molecule has 7 nitrogen and oxygen atoms in total. The molecule has 0 spiro atoms. The van der Waals surface area contributed by atoms with Crippen LogP contribution in [0.1, 0.15) is 36.0 Å². The number of thioether (sulfide) groups is 2. The highest BCUT2D eigenvalue weighted by Crippen LogP contribution is 2.49. The predicted molar refractivity (Wildman–Crippen MR) is 107 cm³/mol. The van der Waals surface area contributed by atoms with Gasteiger partial charge in [-0.25, -0.2) is 4.57 Å². The van der Waals surface area contributed by atoms with Gasteiger partial charge in [-0.2, -0.15) is 5.10 Å². The number of thiophene rings is 1. The molecule has 2 aromatic rings. The summed E-state index contributed by atoms with van der Waals surface area (Å²) < 4.78 is 8.30. The lowest BCUT2D eigenvalue weighted by molar-refractivity contribution is 0.00135. The predicted octanol–water partition coefficient (Wildman–Crippen LogP) is 3.20. The summed E-state index contributed by atoms with van der Waals surface area (Å²) in [6.45, 7) is 5.14. The van der Waals surface area contributed by atoms with Crippen molar-refractivity contribution in [3.8, 4) is 5.00 Å². The number of rotatable bonds is 2. The first-order valence-electron chi connectivity index (χ1n) is 8.56. The van der Waals surface area contributed by atoms with Crippen molar-refractivity contribution in [3.63, 3.8) is 0 Å². The average Bonchev–Trinajstić information content (AvgIpc) is 3.33. The van der Waals surface area contributed by atoms with E-state index in [-0.39, 0.29) is 12.3 Å². The fourth-order valence-electron chi connectivity index (χ4n) is 3.78. The molecule has 138 valence electrons. The third-order valence-corrected chi connectivity index (χ3v) is 7.60. The summed E-state index contributed by atoms with van der Waals surface area (Å²) in [5.41, 5.74) is 6.07. The largest absolute Gasteiger partial charge is 0.372 e. The Morgan fingerprint density at radius 2 is 2.12 bits per heavy atom. The van der Waals surface area contributed by atoms with Gasteiger partial charge in [0.1, 0.15) is 5.00 Å². The van der Waals surface area contributed by atoms with Crippen LogP contribution in [0, 0.1) is 5.92 Å². The maximum Gasteiger partial charge on any atom is 0.241 e. The number of fused-ring (bicyclic) bond motifs is 8. The summed E-state index contributed by atoms with van der Waals surface area (Å²) in [4.78, 5) is 3.49. The van der Waals surface area contributed by atoms with Gasteiger partial charge in [0.15, 0.2) is 16.5 Å². The first kappa shape index (κ1) is 16.9. The van der Waals surface area contributed by atoms with Crippen LogP contribution >= 0.6 is 34.9 Å². The number of anilines is 1. The Labute approximate surface area is 164 Å². The third-order valence-electron chi connectivity index (χ3n) is 5.11. The van der Waals surface area contributed by atoms with Gasteiger partial charge in [-0.15, -0.1) is 21.5 Å². The Kier molecular flexibility index (Phi) is 4.00. The Balaban J connectivity index is 1.71. The van der Waals surface area contributed by atoms with E-state index in [4.69, 9.17) is 4.74 Å². The molecule has 10 heteroatoms. The second kappa shape index (κ2) is 6.15. The molecule has 5 rings (SSSR count). The van der Waals surface area contributed by atoms with Crippen molar-refractivity contribution < 1.29 is 4.74 Å². The molecule has 0 radical (unpaired) electrons. The zero-order chi connectivity index (χ0) is 18.0. The first-order chi connectivity index (χ1) is 12.6. The second-order valence-corrected chi connectivity index (χ2v) is 9.47. The lowest BCUT2D eigenvalue weighted by atomic mass is 9.93. The summed E-state index contributed by atoms with van der Waals surface area (Å²) in [5, 5.41) is 16.5. The van der Waals surface area contributed by atoms with Gasteiger partial charge in [-0.3, -0.25) is 10.3 Å². The molecule has 0 fully saturated rings. The van der Waals surface area contributed by atoms with Crippen molar-refractivity contribution in [3.05, 3.63) is 16.0 Å². The third kappa shape index (κ3) is 2.22. The molecule has 3 aliphatic rings. The Morgan fingerprint density at radius 1 is 1.27 bits per heavy atom. The standard InChI is InChI=1S/C16H20N6OS3/c1-7(2)9-5-8-10(6-23-9)26-13-11(8)12-17-19-15(24-3)21(12)14-18-20-16(25-4)22(13)14/h7,9,12,17H,5-6H2,1-4H3/t9-,12?/m0/s1. The lowest BCUT2D eigenvalue weighted by Crippen LogP contribution is -2.38. The van der Waals surface area contributed by atoms with Gasteiger partial charge in [-0.05, 0) is 24.0 Å². The van der Waals surface area contributed by atoms with Crippen LogP contribution in [0.25, 0.3) is 5.00 Å². The molecule has 1 N–H and O–H groups in total. The Morgan fingerprint density at radius 3 is 2.85 bits per heavy atom. The Bertz CT molecular complexity index is 904. The lowest BCUT2D eigenvalue weighted by Gasteiger charge is -2.33. The summed E-state index contributed by atoms with van der Waals surface area (Å²) in [6, 6.07) is 0. The topological polar surface area (TPSA) is 67.6 Å². The van der Waals surface area contributed by atoms with Gasteiger partial charge >= 0.3 is 0 Å². The highest BCUT2D eigenvalue weighted by Gasteiger charge is 2.44. The molecule has 5 heterocycles. The zero-order valence-corrected chi connectivity index (χ0v) is 17.5. The van der Waals surface area contributed by atoms with Crippen molar-refractivity contribution in [2.45, 2.75) is 44.3 Å². The van der Waals surface area contributed by atoms with Crippen molar-refractivity contribution in [2.75, 3.05) is 17.4 Å². The summed E-state index contributed by atoms with van der Waals surface area (Å²) >= 11 is 5.05. The SMILES string of the molecule is CSC1=NNC2c3c(sc4c3C[C@@H](C(C)C)OC4)-n3c(SC)nnc3N12. The molecule has 2 atom stereocenters.